The molecule has 0 atom stereocenters. The van der Waals surface area contributed by atoms with Crippen LogP contribution in [0.1, 0.15) is 5.69 Å². The predicted octanol–water partition coefficient (Wildman–Crippen LogP) is 2.42. The molecule has 0 radical (unpaired) electrons. The third-order valence-corrected chi connectivity index (χ3v) is 2.37. The van der Waals surface area contributed by atoms with Crippen LogP contribution in [0.25, 0.3) is 0 Å². The fourth-order valence-corrected chi connectivity index (χ4v) is 1.44. The summed E-state index contributed by atoms with van der Waals surface area (Å²) >= 11 is 0. The van der Waals surface area contributed by atoms with Crippen molar-refractivity contribution in [1.82, 2.24) is 9.97 Å². The van der Waals surface area contributed by atoms with Gasteiger partial charge in [0.25, 0.3) is 0 Å². The van der Waals surface area contributed by atoms with E-state index in [1.54, 1.807) is 6.92 Å². The molecular weight excluding hydrogens is 233 g/mol. The average Bonchev–Trinajstić information content (AvgIpc) is 2.40. The van der Waals surface area contributed by atoms with E-state index >= 15 is 0 Å². The molecule has 0 unspecified atom stereocenters. The van der Waals surface area contributed by atoms with Gasteiger partial charge in [0.05, 0.1) is 12.2 Å². The predicted molar refractivity (Wildman–Crippen MR) is 67.2 cm³/mol. The minimum absolute atomic E-state index is 0.208. The highest BCUT2D eigenvalue weighted by molar-refractivity contribution is 5.36. The second-order valence-electron chi connectivity index (χ2n) is 3.71. The van der Waals surface area contributed by atoms with Gasteiger partial charge in [0.1, 0.15) is 18.7 Å². The third-order valence-electron chi connectivity index (χ3n) is 2.37. The number of hydrogen-bond acceptors (Lipinski definition) is 4. The highest BCUT2D eigenvalue weighted by Crippen LogP contribution is 2.11. The first-order chi connectivity index (χ1) is 8.77. The van der Waals surface area contributed by atoms with E-state index in [0.717, 1.165) is 5.75 Å². The second kappa shape index (κ2) is 5.95. The summed E-state index contributed by atoms with van der Waals surface area (Å²) in [6.45, 7) is 2.51. The number of ether oxygens (including phenoxy) is 1. The maximum Gasteiger partial charge on any atom is 0.186 e. The molecular formula is C13H14FN3O. The lowest BCUT2D eigenvalue weighted by atomic mass is 10.3. The Hall–Kier alpha value is -2.17. The van der Waals surface area contributed by atoms with Crippen LogP contribution in [0, 0.1) is 12.7 Å². The summed E-state index contributed by atoms with van der Waals surface area (Å²) in [5.74, 6) is 0.579. The lowest BCUT2D eigenvalue weighted by molar-refractivity contribution is 0.332. The van der Waals surface area contributed by atoms with Gasteiger partial charge >= 0.3 is 0 Å². The van der Waals surface area contributed by atoms with Gasteiger partial charge in [0.2, 0.25) is 0 Å². The minimum Gasteiger partial charge on any atom is -0.492 e. The Morgan fingerprint density at radius 3 is 2.78 bits per heavy atom. The monoisotopic (exact) mass is 247 g/mol. The second-order valence-corrected chi connectivity index (χ2v) is 3.71. The van der Waals surface area contributed by atoms with Crippen molar-refractivity contribution < 1.29 is 9.13 Å². The van der Waals surface area contributed by atoms with Crippen molar-refractivity contribution in [2.24, 2.45) is 0 Å². The van der Waals surface area contributed by atoms with Gasteiger partial charge in [0, 0.05) is 0 Å². The van der Waals surface area contributed by atoms with Crippen molar-refractivity contribution in [2.75, 3.05) is 18.5 Å². The third kappa shape index (κ3) is 3.16. The highest BCUT2D eigenvalue weighted by atomic mass is 19.1. The molecule has 5 heteroatoms. The van der Waals surface area contributed by atoms with Gasteiger partial charge in [-0.1, -0.05) is 18.2 Å². The normalized spacial score (nSPS) is 10.1. The molecule has 1 N–H and O–H groups in total. The number of rotatable bonds is 5. The molecule has 94 valence electrons. The molecule has 1 aromatic heterocycles. The van der Waals surface area contributed by atoms with Crippen LogP contribution >= 0.6 is 0 Å². The van der Waals surface area contributed by atoms with E-state index in [-0.39, 0.29) is 5.82 Å². The summed E-state index contributed by atoms with van der Waals surface area (Å²) in [6.07, 6.45) is 1.33. The highest BCUT2D eigenvalue weighted by Gasteiger charge is 2.06. The van der Waals surface area contributed by atoms with Gasteiger partial charge in [-0.3, -0.25) is 0 Å². The van der Waals surface area contributed by atoms with Gasteiger partial charge < -0.3 is 10.1 Å². The molecule has 4 nitrogen and oxygen atoms in total. The number of para-hydroxylation sites is 1. The van der Waals surface area contributed by atoms with Crippen LogP contribution in [0.5, 0.6) is 5.75 Å². The lowest BCUT2D eigenvalue weighted by Gasteiger charge is -2.08. The molecule has 2 rings (SSSR count). The summed E-state index contributed by atoms with van der Waals surface area (Å²) < 4.78 is 19.0. The van der Waals surface area contributed by atoms with Crippen LogP contribution in [-0.2, 0) is 0 Å². The molecule has 2 aromatic rings. The Morgan fingerprint density at radius 1 is 1.22 bits per heavy atom. The first-order valence-electron chi connectivity index (χ1n) is 5.66. The van der Waals surface area contributed by atoms with E-state index in [0.29, 0.717) is 18.8 Å². The maximum atomic E-state index is 13.5. The average molecular weight is 247 g/mol. The summed E-state index contributed by atoms with van der Waals surface area (Å²) in [4.78, 5) is 7.59. The van der Waals surface area contributed by atoms with Crippen molar-refractivity contribution in [1.29, 1.82) is 0 Å². The SMILES string of the molecule is Cc1ncnc(NCCOc2ccccc2)c1F. The number of aromatic nitrogens is 2. The maximum absolute atomic E-state index is 13.5. The van der Waals surface area contributed by atoms with Gasteiger partial charge in [-0.25, -0.2) is 14.4 Å². The van der Waals surface area contributed by atoms with Crippen LogP contribution in [0.3, 0.4) is 0 Å². The van der Waals surface area contributed by atoms with Crippen molar-refractivity contribution in [2.45, 2.75) is 6.92 Å². The van der Waals surface area contributed by atoms with E-state index in [4.69, 9.17) is 4.74 Å². The molecule has 1 aromatic carbocycles. The van der Waals surface area contributed by atoms with E-state index in [2.05, 4.69) is 15.3 Å². The molecule has 0 amide bonds. The lowest BCUT2D eigenvalue weighted by Crippen LogP contribution is -2.14. The Balaban J connectivity index is 1.81. The van der Waals surface area contributed by atoms with Gasteiger partial charge in [-0.05, 0) is 19.1 Å². The molecule has 18 heavy (non-hydrogen) atoms. The summed E-state index contributed by atoms with van der Waals surface area (Å²) in [6, 6.07) is 9.46. The summed E-state index contributed by atoms with van der Waals surface area (Å²) in [7, 11) is 0. The first-order valence-corrected chi connectivity index (χ1v) is 5.66. The Kier molecular flexibility index (Phi) is 4.06. The molecule has 0 fully saturated rings. The number of hydrogen-bond donors (Lipinski definition) is 1. The zero-order chi connectivity index (χ0) is 12.8. The smallest absolute Gasteiger partial charge is 0.186 e. The molecule has 1 heterocycles. The van der Waals surface area contributed by atoms with E-state index < -0.39 is 5.82 Å². The van der Waals surface area contributed by atoms with Crippen LogP contribution in [-0.4, -0.2) is 23.1 Å². The number of benzene rings is 1. The fourth-order valence-electron chi connectivity index (χ4n) is 1.44. The number of nitrogens with zero attached hydrogens (tertiary/aromatic N) is 2. The molecule has 0 spiro atoms. The van der Waals surface area contributed by atoms with Crippen LogP contribution in [0.2, 0.25) is 0 Å². The quantitative estimate of drug-likeness (QED) is 0.824. The van der Waals surface area contributed by atoms with E-state index in [1.807, 2.05) is 30.3 Å². The molecule has 0 bridgehead atoms. The zero-order valence-electron chi connectivity index (χ0n) is 10.1. The van der Waals surface area contributed by atoms with E-state index in [9.17, 15) is 4.39 Å². The van der Waals surface area contributed by atoms with Crippen LogP contribution < -0.4 is 10.1 Å². The summed E-state index contributed by atoms with van der Waals surface area (Å²) in [5.41, 5.74) is 0.330. The molecule has 0 saturated carbocycles. The minimum atomic E-state index is -0.419. The Bertz CT molecular complexity index is 505. The number of anilines is 1. The van der Waals surface area contributed by atoms with Crippen molar-refractivity contribution >= 4 is 5.82 Å². The topological polar surface area (TPSA) is 47.0 Å². The van der Waals surface area contributed by atoms with Crippen molar-refractivity contribution in [3.05, 3.63) is 48.2 Å². The van der Waals surface area contributed by atoms with Crippen molar-refractivity contribution in [3.63, 3.8) is 0 Å². The number of aryl methyl sites for hydroxylation is 1. The Morgan fingerprint density at radius 2 is 2.00 bits per heavy atom. The summed E-state index contributed by atoms with van der Waals surface area (Å²) in [5, 5.41) is 2.87. The van der Waals surface area contributed by atoms with Gasteiger partial charge in [-0.2, -0.15) is 0 Å². The van der Waals surface area contributed by atoms with Gasteiger partial charge in [-0.15, -0.1) is 0 Å². The largest absolute Gasteiger partial charge is 0.492 e. The molecule has 0 saturated heterocycles. The fraction of sp³-hybridized carbons (Fsp3) is 0.231. The standard InChI is InChI=1S/C13H14FN3O/c1-10-12(14)13(17-9-16-10)15-7-8-18-11-5-3-2-4-6-11/h2-6,9H,7-8H2,1H3,(H,15,16,17). The molecule has 0 aliphatic heterocycles. The first kappa shape index (κ1) is 12.3. The number of nitrogens with one attached hydrogen (secondary N) is 1. The van der Waals surface area contributed by atoms with Crippen molar-refractivity contribution in [3.8, 4) is 5.75 Å². The molecule has 0 aliphatic rings. The Labute approximate surface area is 105 Å². The zero-order valence-corrected chi connectivity index (χ0v) is 10.1. The van der Waals surface area contributed by atoms with Gasteiger partial charge in [0.15, 0.2) is 11.6 Å². The number of halogens is 1. The van der Waals surface area contributed by atoms with E-state index in [1.165, 1.54) is 6.33 Å². The van der Waals surface area contributed by atoms with Crippen LogP contribution in [0.15, 0.2) is 36.7 Å². The van der Waals surface area contributed by atoms with Crippen LogP contribution in [0.4, 0.5) is 10.2 Å². The molecule has 0 aliphatic carbocycles.